The minimum atomic E-state index is -0.0897. The van der Waals surface area contributed by atoms with E-state index in [-0.39, 0.29) is 5.69 Å². The maximum atomic E-state index is 11.3. The lowest BCUT2D eigenvalue weighted by Crippen LogP contribution is -2.16. The highest BCUT2D eigenvalue weighted by Gasteiger charge is 1.98. The van der Waals surface area contributed by atoms with Crippen molar-refractivity contribution in [2.24, 2.45) is 5.73 Å². The second-order valence-electron chi connectivity index (χ2n) is 3.42. The first-order valence-corrected chi connectivity index (χ1v) is 4.81. The van der Waals surface area contributed by atoms with Crippen molar-refractivity contribution in [1.29, 1.82) is 0 Å². The summed E-state index contributed by atoms with van der Waals surface area (Å²) in [5, 5.41) is 0. The first-order valence-electron chi connectivity index (χ1n) is 4.81. The highest BCUT2D eigenvalue weighted by atomic mass is 16.1. The van der Waals surface area contributed by atoms with Crippen LogP contribution in [-0.2, 0) is 13.1 Å². The molecule has 4 heteroatoms. The molecular weight excluding hydrogens is 190 g/mol. The van der Waals surface area contributed by atoms with Crippen molar-refractivity contribution in [2.75, 3.05) is 0 Å². The van der Waals surface area contributed by atoms with Crippen molar-refractivity contribution in [1.82, 2.24) is 9.55 Å². The summed E-state index contributed by atoms with van der Waals surface area (Å²) in [6, 6.07) is 7.93. The van der Waals surface area contributed by atoms with Crippen LogP contribution >= 0.6 is 0 Å². The molecule has 2 aromatic rings. The number of nitrogens with two attached hydrogens (primary N) is 1. The largest absolute Gasteiger partial charge is 0.326 e. The van der Waals surface area contributed by atoms with Gasteiger partial charge in [0.05, 0.1) is 6.54 Å². The average Bonchev–Trinajstić information content (AvgIpc) is 2.65. The van der Waals surface area contributed by atoms with Crippen molar-refractivity contribution in [3.05, 3.63) is 58.3 Å². The van der Waals surface area contributed by atoms with Gasteiger partial charge in [-0.1, -0.05) is 24.3 Å². The molecule has 15 heavy (non-hydrogen) atoms. The second kappa shape index (κ2) is 4.14. The molecule has 1 aromatic carbocycles. The molecule has 78 valence electrons. The minimum Gasteiger partial charge on any atom is -0.326 e. The maximum Gasteiger partial charge on any atom is 0.325 e. The van der Waals surface area contributed by atoms with E-state index in [0.717, 1.165) is 11.1 Å². The van der Waals surface area contributed by atoms with Crippen LogP contribution < -0.4 is 11.4 Å². The Morgan fingerprint density at radius 3 is 2.80 bits per heavy atom. The van der Waals surface area contributed by atoms with E-state index in [0.29, 0.717) is 13.1 Å². The number of H-pyrrole nitrogens is 1. The Labute approximate surface area is 87.4 Å². The van der Waals surface area contributed by atoms with Crippen molar-refractivity contribution in [3.63, 3.8) is 0 Å². The molecule has 0 bridgehead atoms. The number of hydrogen-bond donors (Lipinski definition) is 2. The normalized spacial score (nSPS) is 10.5. The molecule has 0 aliphatic heterocycles. The van der Waals surface area contributed by atoms with Gasteiger partial charge in [-0.05, 0) is 11.1 Å². The summed E-state index contributed by atoms with van der Waals surface area (Å²) >= 11 is 0. The third kappa shape index (κ3) is 2.16. The van der Waals surface area contributed by atoms with E-state index in [4.69, 9.17) is 5.73 Å². The predicted molar refractivity (Wildman–Crippen MR) is 58.5 cm³/mol. The van der Waals surface area contributed by atoms with Crippen molar-refractivity contribution >= 4 is 0 Å². The van der Waals surface area contributed by atoms with Gasteiger partial charge in [-0.2, -0.15) is 0 Å². The van der Waals surface area contributed by atoms with Crippen molar-refractivity contribution in [2.45, 2.75) is 13.1 Å². The summed E-state index contributed by atoms with van der Waals surface area (Å²) in [4.78, 5) is 13.9. The van der Waals surface area contributed by atoms with Crippen LogP contribution in [0.25, 0.3) is 0 Å². The summed E-state index contributed by atoms with van der Waals surface area (Å²) in [6.45, 7) is 1.10. The fourth-order valence-electron chi connectivity index (χ4n) is 1.53. The van der Waals surface area contributed by atoms with E-state index in [1.165, 1.54) is 0 Å². The monoisotopic (exact) mass is 203 g/mol. The summed E-state index contributed by atoms with van der Waals surface area (Å²) < 4.78 is 1.62. The van der Waals surface area contributed by atoms with Gasteiger partial charge in [-0.25, -0.2) is 4.79 Å². The lowest BCUT2D eigenvalue weighted by Gasteiger charge is -2.03. The summed E-state index contributed by atoms with van der Waals surface area (Å²) in [5.41, 5.74) is 7.62. The molecule has 4 nitrogen and oxygen atoms in total. The molecule has 0 amide bonds. The number of aromatic amines is 1. The van der Waals surface area contributed by atoms with Crippen LogP contribution in [-0.4, -0.2) is 9.55 Å². The molecule has 1 heterocycles. The smallest absolute Gasteiger partial charge is 0.325 e. The van der Waals surface area contributed by atoms with Gasteiger partial charge in [0, 0.05) is 18.9 Å². The van der Waals surface area contributed by atoms with E-state index < -0.39 is 0 Å². The van der Waals surface area contributed by atoms with E-state index in [2.05, 4.69) is 4.98 Å². The quantitative estimate of drug-likeness (QED) is 0.770. The van der Waals surface area contributed by atoms with Gasteiger partial charge in [-0.15, -0.1) is 0 Å². The van der Waals surface area contributed by atoms with Crippen LogP contribution in [0.1, 0.15) is 11.1 Å². The predicted octanol–water partition coefficient (Wildman–Crippen LogP) is 0.683. The van der Waals surface area contributed by atoms with Crippen molar-refractivity contribution in [3.8, 4) is 0 Å². The second-order valence-corrected chi connectivity index (χ2v) is 3.42. The van der Waals surface area contributed by atoms with Crippen LogP contribution in [0, 0.1) is 0 Å². The molecule has 0 radical (unpaired) electrons. The van der Waals surface area contributed by atoms with Gasteiger partial charge in [0.1, 0.15) is 0 Å². The standard InChI is InChI=1S/C11H13N3O/c12-7-9-2-1-3-10(6-9)8-14-5-4-13-11(14)15/h1-6H,7-8,12H2,(H,13,15). The van der Waals surface area contributed by atoms with E-state index in [9.17, 15) is 4.79 Å². The molecule has 2 rings (SSSR count). The first kappa shape index (κ1) is 9.73. The summed E-state index contributed by atoms with van der Waals surface area (Å²) in [5.74, 6) is 0. The fraction of sp³-hybridized carbons (Fsp3) is 0.182. The van der Waals surface area contributed by atoms with Crippen LogP contribution in [0.4, 0.5) is 0 Å². The molecule has 0 fully saturated rings. The Bertz CT molecular complexity index is 498. The molecule has 0 aliphatic rings. The van der Waals surface area contributed by atoms with Gasteiger partial charge in [0.2, 0.25) is 0 Å². The molecule has 0 unspecified atom stereocenters. The number of rotatable bonds is 3. The molecule has 0 saturated heterocycles. The van der Waals surface area contributed by atoms with Crippen LogP contribution in [0.15, 0.2) is 41.5 Å². The van der Waals surface area contributed by atoms with E-state index >= 15 is 0 Å². The Kier molecular flexibility index (Phi) is 2.69. The highest BCUT2D eigenvalue weighted by Crippen LogP contribution is 2.05. The molecular formula is C11H13N3O. The molecule has 0 aliphatic carbocycles. The molecule has 0 saturated carbocycles. The Morgan fingerprint density at radius 1 is 1.33 bits per heavy atom. The minimum absolute atomic E-state index is 0.0897. The lowest BCUT2D eigenvalue weighted by atomic mass is 10.1. The molecule has 0 spiro atoms. The fourth-order valence-corrected chi connectivity index (χ4v) is 1.53. The summed E-state index contributed by atoms with van der Waals surface area (Å²) in [6.07, 6.45) is 3.37. The van der Waals surface area contributed by atoms with Gasteiger partial charge in [0.15, 0.2) is 0 Å². The Hall–Kier alpha value is -1.81. The number of aromatic nitrogens is 2. The molecule has 1 aromatic heterocycles. The maximum absolute atomic E-state index is 11.3. The SMILES string of the molecule is NCc1cccc(Cn2cc[nH]c2=O)c1. The number of hydrogen-bond acceptors (Lipinski definition) is 2. The van der Waals surface area contributed by atoms with Gasteiger partial charge in [0.25, 0.3) is 0 Å². The van der Waals surface area contributed by atoms with Crippen molar-refractivity contribution < 1.29 is 0 Å². The Balaban J connectivity index is 2.24. The summed E-state index contributed by atoms with van der Waals surface area (Å²) in [7, 11) is 0. The highest BCUT2D eigenvalue weighted by molar-refractivity contribution is 5.23. The van der Waals surface area contributed by atoms with Gasteiger partial charge < -0.3 is 10.7 Å². The van der Waals surface area contributed by atoms with Crippen LogP contribution in [0.3, 0.4) is 0 Å². The molecule has 0 atom stereocenters. The topological polar surface area (TPSA) is 63.8 Å². The first-order chi connectivity index (χ1) is 7.29. The zero-order chi connectivity index (χ0) is 10.7. The van der Waals surface area contributed by atoms with Crippen LogP contribution in [0.5, 0.6) is 0 Å². The van der Waals surface area contributed by atoms with Gasteiger partial charge >= 0.3 is 5.69 Å². The zero-order valence-corrected chi connectivity index (χ0v) is 8.31. The average molecular weight is 203 g/mol. The zero-order valence-electron chi connectivity index (χ0n) is 8.31. The molecule has 3 N–H and O–H groups in total. The van der Waals surface area contributed by atoms with E-state index in [1.807, 2.05) is 24.3 Å². The third-order valence-corrected chi connectivity index (χ3v) is 2.30. The van der Waals surface area contributed by atoms with Crippen LogP contribution in [0.2, 0.25) is 0 Å². The number of imidazole rings is 1. The lowest BCUT2D eigenvalue weighted by molar-refractivity contribution is 0.760. The third-order valence-electron chi connectivity index (χ3n) is 2.30. The number of nitrogens with one attached hydrogen (secondary N) is 1. The van der Waals surface area contributed by atoms with Gasteiger partial charge in [-0.3, -0.25) is 4.57 Å². The number of benzene rings is 1. The Morgan fingerprint density at radius 2 is 2.13 bits per heavy atom. The number of nitrogens with zero attached hydrogens (tertiary/aromatic N) is 1. The van der Waals surface area contributed by atoms with E-state index in [1.54, 1.807) is 17.0 Å².